The van der Waals surface area contributed by atoms with Gasteiger partial charge in [-0.25, -0.2) is 9.59 Å². The van der Waals surface area contributed by atoms with Gasteiger partial charge in [0.05, 0.1) is 13.2 Å². The number of carbonyl (C=O) groups is 2. The van der Waals surface area contributed by atoms with Gasteiger partial charge in [0.25, 0.3) is 0 Å². The third kappa shape index (κ3) is 8.92. The summed E-state index contributed by atoms with van der Waals surface area (Å²) >= 11 is 0. The van der Waals surface area contributed by atoms with E-state index in [9.17, 15) is 9.59 Å². The smallest absolute Gasteiger partial charge is 0.338 e. The third-order valence-electron chi connectivity index (χ3n) is 8.09. The second kappa shape index (κ2) is 16.5. The molecule has 2 aliphatic rings. The minimum atomic E-state index is -1.17. The van der Waals surface area contributed by atoms with E-state index in [0.717, 1.165) is 22.8 Å². The number of rotatable bonds is 14. The minimum absolute atomic E-state index is 0.175. The molecule has 7 nitrogen and oxygen atoms in total. The van der Waals surface area contributed by atoms with Crippen LogP contribution in [0, 0.1) is 11.8 Å². The Morgan fingerprint density at radius 2 is 1.36 bits per heavy atom. The highest BCUT2D eigenvalue weighted by Crippen LogP contribution is 2.35. The van der Waals surface area contributed by atoms with E-state index in [1.54, 1.807) is 13.8 Å². The monoisotopic (exact) mass is 578 g/mol. The third-order valence-corrected chi connectivity index (χ3v) is 8.09. The standard InChI is InChI=1S/C35H46O7/c1-4-7-8-10-25-12-14-26(15-13-25)11-9-24-40-30-22-20-28(21-23-30)27-16-18-29(19-17-27)35-41-31(33(36)38-5-2)32(42-35)34(37)39-6-3/h9,11,16-23,25-26,31-32,35H,4-8,10,12-15,24H2,1-3H3/t25?,26?,31-,32-/m1/s1. The lowest BCUT2D eigenvalue weighted by molar-refractivity contribution is -0.163. The van der Waals surface area contributed by atoms with Gasteiger partial charge in [0.15, 0.2) is 18.5 Å². The largest absolute Gasteiger partial charge is 0.490 e. The van der Waals surface area contributed by atoms with Gasteiger partial charge in [-0.15, -0.1) is 0 Å². The van der Waals surface area contributed by atoms with Crippen LogP contribution in [0.3, 0.4) is 0 Å². The van der Waals surface area contributed by atoms with Crippen LogP contribution >= 0.6 is 0 Å². The average molecular weight is 579 g/mol. The fourth-order valence-electron chi connectivity index (χ4n) is 5.73. The molecule has 0 radical (unpaired) electrons. The van der Waals surface area contributed by atoms with Crippen LogP contribution in [-0.2, 0) is 28.5 Å². The van der Waals surface area contributed by atoms with Gasteiger partial charge >= 0.3 is 11.9 Å². The first-order chi connectivity index (χ1) is 20.5. The van der Waals surface area contributed by atoms with Gasteiger partial charge in [-0.05, 0) is 74.6 Å². The molecule has 1 saturated carbocycles. The molecule has 1 aliphatic heterocycles. The minimum Gasteiger partial charge on any atom is -0.490 e. The number of hydrogen-bond donors (Lipinski definition) is 0. The highest BCUT2D eigenvalue weighted by molar-refractivity contribution is 5.86. The Morgan fingerprint density at radius 1 is 0.786 bits per heavy atom. The van der Waals surface area contributed by atoms with E-state index < -0.39 is 30.4 Å². The van der Waals surface area contributed by atoms with E-state index in [1.807, 2.05) is 48.5 Å². The molecule has 0 N–H and O–H groups in total. The zero-order chi connectivity index (χ0) is 29.7. The van der Waals surface area contributed by atoms with E-state index in [-0.39, 0.29) is 13.2 Å². The number of esters is 2. The van der Waals surface area contributed by atoms with Crippen molar-refractivity contribution in [1.82, 2.24) is 0 Å². The van der Waals surface area contributed by atoms with Crippen LogP contribution in [0.1, 0.15) is 84.0 Å². The number of unbranched alkanes of at least 4 members (excludes halogenated alkanes) is 2. The zero-order valence-corrected chi connectivity index (χ0v) is 25.3. The highest BCUT2D eigenvalue weighted by Gasteiger charge is 2.47. The molecule has 42 heavy (non-hydrogen) atoms. The molecule has 2 aromatic rings. The maximum absolute atomic E-state index is 12.4. The van der Waals surface area contributed by atoms with Crippen LogP contribution in [0.4, 0.5) is 0 Å². The normalized spacial score (nSPS) is 22.7. The summed E-state index contributed by atoms with van der Waals surface area (Å²) in [5, 5.41) is 0. The Labute approximate surface area is 250 Å². The fourth-order valence-corrected chi connectivity index (χ4v) is 5.73. The summed E-state index contributed by atoms with van der Waals surface area (Å²) in [6.45, 7) is 6.59. The Kier molecular flexibility index (Phi) is 12.5. The first-order valence-corrected chi connectivity index (χ1v) is 15.7. The maximum Gasteiger partial charge on any atom is 0.338 e. The highest BCUT2D eigenvalue weighted by atomic mass is 16.8. The predicted molar refractivity (Wildman–Crippen MR) is 162 cm³/mol. The van der Waals surface area contributed by atoms with Crippen LogP contribution in [0.25, 0.3) is 11.1 Å². The zero-order valence-electron chi connectivity index (χ0n) is 25.3. The van der Waals surface area contributed by atoms with Crippen molar-refractivity contribution in [3.8, 4) is 16.9 Å². The van der Waals surface area contributed by atoms with Crippen molar-refractivity contribution in [2.24, 2.45) is 11.8 Å². The first-order valence-electron chi connectivity index (χ1n) is 15.7. The number of benzene rings is 2. The molecule has 0 aromatic heterocycles. The van der Waals surface area contributed by atoms with Crippen LogP contribution in [-0.4, -0.2) is 44.0 Å². The number of carbonyl (C=O) groups excluding carboxylic acids is 2. The lowest BCUT2D eigenvalue weighted by atomic mass is 9.79. The van der Waals surface area contributed by atoms with Crippen molar-refractivity contribution in [2.45, 2.75) is 90.6 Å². The van der Waals surface area contributed by atoms with Gasteiger partial charge in [0, 0.05) is 5.56 Å². The van der Waals surface area contributed by atoms with E-state index in [2.05, 4.69) is 19.1 Å². The van der Waals surface area contributed by atoms with Crippen molar-refractivity contribution in [3.05, 3.63) is 66.2 Å². The van der Waals surface area contributed by atoms with Crippen molar-refractivity contribution in [3.63, 3.8) is 0 Å². The second-order valence-corrected chi connectivity index (χ2v) is 11.1. The Morgan fingerprint density at radius 3 is 1.90 bits per heavy atom. The summed E-state index contributed by atoms with van der Waals surface area (Å²) in [7, 11) is 0. The van der Waals surface area contributed by atoms with Crippen LogP contribution in [0.15, 0.2) is 60.7 Å². The Bertz CT molecular complexity index is 1110. The van der Waals surface area contributed by atoms with Crippen LogP contribution in [0.5, 0.6) is 5.75 Å². The molecule has 0 amide bonds. The molecule has 228 valence electrons. The molecule has 2 atom stereocenters. The lowest BCUT2D eigenvalue weighted by Crippen LogP contribution is -2.39. The van der Waals surface area contributed by atoms with E-state index >= 15 is 0 Å². The summed E-state index contributed by atoms with van der Waals surface area (Å²) < 4.78 is 27.7. The molecular weight excluding hydrogens is 532 g/mol. The van der Waals surface area contributed by atoms with E-state index in [0.29, 0.717) is 18.1 Å². The number of allylic oxidation sites excluding steroid dienone is 1. The molecule has 1 saturated heterocycles. The number of ether oxygens (including phenoxy) is 5. The van der Waals surface area contributed by atoms with Gasteiger partial charge < -0.3 is 23.7 Å². The van der Waals surface area contributed by atoms with E-state index in [1.165, 1.54) is 51.4 Å². The summed E-state index contributed by atoms with van der Waals surface area (Å²) in [6.07, 6.45) is 12.1. The fraction of sp³-hybridized carbons (Fsp3) is 0.543. The molecule has 2 fully saturated rings. The van der Waals surface area contributed by atoms with Gasteiger partial charge in [-0.1, -0.05) is 81.2 Å². The summed E-state index contributed by atoms with van der Waals surface area (Å²) in [6, 6.07) is 15.7. The van der Waals surface area contributed by atoms with Gasteiger partial charge in [0.2, 0.25) is 0 Å². The lowest BCUT2D eigenvalue weighted by Gasteiger charge is -2.26. The average Bonchev–Trinajstić information content (AvgIpc) is 3.47. The first kappa shape index (κ1) is 31.8. The molecule has 1 aliphatic carbocycles. The molecule has 2 aromatic carbocycles. The second-order valence-electron chi connectivity index (χ2n) is 11.1. The summed E-state index contributed by atoms with van der Waals surface area (Å²) in [5.74, 6) is 1.17. The summed E-state index contributed by atoms with van der Waals surface area (Å²) in [5.41, 5.74) is 2.75. The van der Waals surface area contributed by atoms with Crippen molar-refractivity contribution >= 4 is 11.9 Å². The quantitative estimate of drug-likeness (QED) is 0.130. The molecule has 0 unspecified atom stereocenters. The van der Waals surface area contributed by atoms with Crippen molar-refractivity contribution < 1.29 is 33.3 Å². The molecule has 0 spiro atoms. The molecule has 4 rings (SSSR count). The Balaban J connectivity index is 1.25. The van der Waals surface area contributed by atoms with Gasteiger partial charge in [-0.3, -0.25) is 0 Å². The van der Waals surface area contributed by atoms with Crippen molar-refractivity contribution in [2.75, 3.05) is 19.8 Å². The molecule has 1 heterocycles. The van der Waals surface area contributed by atoms with Gasteiger partial charge in [-0.2, -0.15) is 0 Å². The maximum atomic E-state index is 12.4. The van der Waals surface area contributed by atoms with Crippen LogP contribution < -0.4 is 4.74 Å². The number of hydrogen-bond acceptors (Lipinski definition) is 7. The SMILES string of the molecule is CCCCCC1CCC(C=CCOc2ccc(-c3ccc(C4O[C@@H](C(=O)OCC)[C@H](C(=O)OCC)O4)cc3)cc2)CC1. The predicted octanol–water partition coefficient (Wildman–Crippen LogP) is 7.58. The molecular formula is C35H46O7. The molecule has 0 bridgehead atoms. The van der Waals surface area contributed by atoms with E-state index in [4.69, 9.17) is 23.7 Å². The van der Waals surface area contributed by atoms with Crippen LogP contribution in [0.2, 0.25) is 0 Å². The topological polar surface area (TPSA) is 80.3 Å². The summed E-state index contributed by atoms with van der Waals surface area (Å²) in [4.78, 5) is 24.7. The molecule has 7 heteroatoms. The van der Waals surface area contributed by atoms with Crippen molar-refractivity contribution in [1.29, 1.82) is 0 Å². The Hall–Kier alpha value is -3.16. The van der Waals surface area contributed by atoms with Gasteiger partial charge in [0.1, 0.15) is 12.4 Å².